The van der Waals surface area contributed by atoms with E-state index in [9.17, 15) is 0 Å². The molecule has 0 radical (unpaired) electrons. The van der Waals surface area contributed by atoms with Crippen molar-refractivity contribution in [2.75, 3.05) is 7.05 Å². The standard InChI is InChI=1S/C9H16N2S.ClH/c1-11-7-2-3-8(11)5-6(4-7)9(10)12;/h6-8H,2-5H2,1H3,(H2,10,12);1H. The van der Waals surface area contributed by atoms with E-state index in [1.165, 1.54) is 25.7 Å². The molecule has 0 aromatic heterocycles. The molecule has 0 aromatic carbocycles. The largest absolute Gasteiger partial charge is 0.393 e. The van der Waals surface area contributed by atoms with Gasteiger partial charge in [0.1, 0.15) is 0 Å². The smallest absolute Gasteiger partial charge is 0.0759 e. The van der Waals surface area contributed by atoms with Crippen LogP contribution in [0.5, 0.6) is 0 Å². The minimum absolute atomic E-state index is 0. The van der Waals surface area contributed by atoms with E-state index in [1.807, 2.05) is 0 Å². The van der Waals surface area contributed by atoms with E-state index in [4.69, 9.17) is 18.0 Å². The van der Waals surface area contributed by atoms with Gasteiger partial charge in [-0.3, -0.25) is 0 Å². The van der Waals surface area contributed by atoms with Crippen LogP contribution in [0.3, 0.4) is 0 Å². The molecule has 0 amide bonds. The zero-order chi connectivity index (χ0) is 8.72. The van der Waals surface area contributed by atoms with Gasteiger partial charge in [0.2, 0.25) is 0 Å². The predicted molar refractivity (Wildman–Crippen MR) is 61.3 cm³/mol. The van der Waals surface area contributed by atoms with Crippen molar-refractivity contribution < 1.29 is 0 Å². The Balaban J connectivity index is 0.000000845. The van der Waals surface area contributed by atoms with Gasteiger partial charge >= 0.3 is 0 Å². The van der Waals surface area contributed by atoms with Gasteiger partial charge in [0.05, 0.1) is 4.99 Å². The first-order chi connectivity index (χ1) is 5.68. The molecule has 2 saturated heterocycles. The number of nitrogens with two attached hydrogens (primary N) is 1. The van der Waals surface area contributed by atoms with Crippen molar-refractivity contribution in [3.63, 3.8) is 0 Å². The zero-order valence-corrected chi connectivity index (χ0v) is 9.53. The Bertz CT molecular complexity index is 196. The summed E-state index contributed by atoms with van der Waals surface area (Å²) in [4.78, 5) is 3.24. The van der Waals surface area contributed by atoms with E-state index in [1.54, 1.807) is 0 Å². The van der Waals surface area contributed by atoms with E-state index < -0.39 is 0 Å². The van der Waals surface area contributed by atoms with Crippen LogP contribution in [0.1, 0.15) is 25.7 Å². The van der Waals surface area contributed by atoms with E-state index >= 15 is 0 Å². The maximum absolute atomic E-state index is 5.68. The summed E-state index contributed by atoms with van der Waals surface area (Å²) >= 11 is 5.05. The summed E-state index contributed by atoms with van der Waals surface area (Å²) in [6.07, 6.45) is 5.09. The summed E-state index contributed by atoms with van der Waals surface area (Å²) < 4.78 is 0. The van der Waals surface area contributed by atoms with Crippen molar-refractivity contribution in [1.82, 2.24) is 4.90 Å². The third-order valence-corrected chi connectivity index (χ3v) is 3.83. The molecule has 2 bridgehead atoms. The van der Waals surface area contributed by atoms with Crippen molar-refractivity contribution in [3.8, 4) is 0 Å². The number of piperidine rings is 1. The second-order valence-corrected chi connectivity index (χ2v) is 4.59. The normalized spacial score (nSPS) is 38.4. The Kier molecular flexibility index (Phi) is 3.55. The van der Waals surface area contributed by atoms with Crippen molar-refractivity contribution in [3.05, 3.63) is 0 Å². The first kappa shape index (κ1) is 11.2. The fourth-order valence-corrected chi connectivity index (χ4v) is 2.84. The highest BCUT2D eigenvalue weighted by Crippen LogP contribution is 2.37. The zero-order valence-electron chi connectivity index (χ0n) is 7.90. The Hall–Kier alpha value is 0.140. The lowest BCUT2D eigenvalue weighted by atomic mass is 9.91. The average Bonchev–Trinajstić information content (AvgIpc) is 2.30. The predicted octanol–water partition coefficient (Wildman–Crippen LogP) is 1.57. The van der Waals surface area contributed by atoms with Crippen LogP contribution < -0.4 is 5.73 Å². The van der Waals surface area contributed by atoms with Gasteiger partial charge in [-0.05, 0) is 32.7 Å². The van der Waals surface area contributed by atoms with E-state index in [2.05, 4.69) is 11.9 Å². The maximum Gasteiger partial charge on any atom is 0.0759 e. The molecule has 0 saturated carbocycles. The Morgan fingerprint density at radius 2 is 1.77 bits per heavy atom. The van der Waals surface area contributed by atoms with Gasteiger partial charge in [0.15, 0.2) is 0 Å². The van der Waals surface area contributed by atoms with Gasteiger partial charge in [-0.1, -0.05) is 12.2 Å². The highest BCUT2D eigenvalue weighted by molar-refractivity contribution is 7.80. The van der Waals surface area contributed by atoms with Gasteiger partial charge in [0.25, 0.3) is 0 Å². The Morgan fingerprint density at radius 3 is 2.15 bits per heavy atom. The van der Waals surface area contributed by atoms with E-state index in [0.717, 1.165) is 17.1 Å². The lowest BCUT2D eigenvalue weighted by Crippen LogP contribution is -2.43. The summed E-state index contributed by atoms with van der Waals surface area (Å²) in [6, 6.07) is 1.52. The molecular weight excluding hydrogens is 204 g/mol. The van der Waals surface area contributed by atoms with Gasteiger partial charge in [0, 0.05) is 18.0 Å². The maximum atomic E-state index is 5.68. The minimum Gasteiger partial charge on any atom is -0.393 e. The SMILES string of the molecule is CN1C2CCC1CC(C(N)=S)C2.Cl. The molecule has 2 N–H and O–H groups in total. The fraction of sp³-hybridized carbons (Fsp3) is 0.889. The molecule has 2 aliphatic rings. The number of nitrogens with zero attached hydrogens (tertiary/aromatic N) is 1. The third-order valence-electron chi connectivity index (χ3n) is 3.50. The van der Waals surface area contributed by atoms with Crippen LogP contribution in [0.4, 0.5) is 0 Å². The molecule has 0 aliphatic carbocycles. The molecule has 2 aliphatic heterocycles. The highest BCUT2D eigenvalue weighted by Gasteiger charge is 2.38. The molecule has 2 rings (SSSR count). The van der Waals surface area contributed by atoms with Gasteiger partial charge in [-0.2, -0.15) is 0 Å². The molecule has 2 nitrogen and oxygen atoms in total. The minimum atomic E-state index is 0. The number of hydrogen-bond acceptors (Lipinski definition) is 2. The molecule has 0 aromatic rings. The van der Waals surface area contributed by atoms with Crippen LogP contribution in [-0.4, -0.2) is 29.0 Å². The molecule has 2 fully saturated rings. The molecule has 2 heterocycles. The summed E-state index contributed by atoms with van der Waals surface area (Å²) in [5.74, 6) is 0.522. The second kappa shape index (κ2) is 4.11. The quantitative estimate of drug-likeness (QED) is 0.681. The van der Waals surface area contributed by atoms with Gasteiger partial charge < -0.3 is 10.6 Å². The lowest BCUT2D eigenvalue weighted by Gasteiger charge is -2.35. The summed E-state index contributed by atoms with van der Waals surface area (Å²) in [7, 11) is 2.23. The molecule has 76 valence electrons. The van der Waals surface area contributed by atoms with E-state index in [-0.39, 0.29) is 12.4 Å². The number of halogens is 1. The summed E-state index contributed by atoms with van der Waals surface area (Å²) in [6.45, 7) is 0. The van der Waals surface area contributed by atoms with Crippen LogP contribution in [0, 0.1) is 5.92 Å². The third kappa shape index (κ3) is 1.97. The van der Waals surface area contributed by atoms with Crippen molar-refractivity contribution in [1.29, 1.82) is 0 Å². The number of hydrogen-bond donors (Lipinski definition) is 1. The molecule has 4 heteroatoms. The lowest BCUT2D eigenvalue weighted by molar-refractivity contribution is 0.159. The van der Waals surface area contributed by atoms with Crippen molar-refractivity contribution in [2.45, 2.75) is 37.8 Å². The number of rotatable bonds is 1. The Labute approximate surface area is 91.3 Å². The first-order valence-corrected chi connectivity index (χ1v) is 5.10. The topological polar surface area (TPSA) is 29.3 Å². The number of thiocarbonyl (C=S) groups is 1. The monoisotopic (exact) mass is 220 g/mol. The summed E-state index contributed by atoms with van der Waals surface area (Å²) in [5.41, 5.74) is 5.68. The molecule has 2 atom stereocenters. The fourth-order valence-electron chi connectivity index (χ4n) is 2.64. The average molecular weight is 221 g/mol. The van der Waals surface area contributed by atoms with Crippen LogP contribution in [0.15, 0.2) is 0 Å². The van der Waals surface area contributed by atoms with Crippen molar-refractivity contribution >= 4 is 29.6 Å². The Morgan fingerprint density at radius 1 is 1.31 bits per heavy atom. The van der Waals surface area contributed by atoms with Crippen LogP contribution in [0.25, 0.3) is 0 Å². The van der Waals surface area contributed by atoms with E-state index in [0.29, 0.717) is 5.92 Å². The van der Waals surface area contributed by atoms with Crippen LogP contribution in [0.2, 0.25) is 0 Å². The van der Waals surface area contributed by atoms with Gasteiger partial charge in [-0.25, -0.2) is 0 Å². The number of fused-ring (bicyclic) bond motifs is 2. The first-order valence-electron chi connectivity index (χ1n) is 4.69. The highest BCUT2D eigenvalue weighted by atomic mass is 35.5. The van der Waals surface area contributed by atoms with Crippen LogP contribution in [-0.2, 0) is 0 Å². The summed E-state index contributed by atoms with van der Waals surface area (Å²) in [5, 5.41) is 0. The van der Waals surface area contributed by atoms with Crippen molar-refractivity contribution in [2.24, 2.45) is 11.7 Å². The molecule has 2 unspecified atom stereocenters. The van der Waals surface area contributed by atoms with Gasteiger partial charge in [-0.15, -0.1) is 12.4 Å². The molecule has 0 spiro atoms. The molecule has 13 heavy (non-hydrogen) atoms. The molecular formula is C9H17ClN2S. The van der Waals surface area contributed by atoms with Crippen LogP contribution >= 0.6 is 24.6 Å². The second-order valence-electron chi connectivity index (χ2n) is 4.12.